The predicted molar refractivity (Wildman–Crippen MR) is 77.7 cm³/mol. The molecule has 0 bridgehead atoms. The summed E-state index contributed by atoms with van der Waals surface area (Å²) in [6.07, 6.45) is -0.892. The molecule has 6 heteroatoms. The third kappa shape index (κ3) is 3.08. The second-order valence-corrected chi connectivity index (χ2v) is 6.58. The highest BCUT2D eigenvalue weighted by Crippen LogP contribution is 2.32. The molecule has 1 atom stereocenters. The van der Waals surface area contributed by atoms with Crippen molar-refractivity contribution in [3.63, 3.8) is 0 Å². The van der Waals surface area contributed by atoms with Crippen LogP contribution in [0.5, 0.6) is 0 Å². The average Bonchev–Trinajstić information content (AvgIpc) is 2.95. The van der Waals surface area contributed by atoms with Crippen molar-refractivity contribution in [2.24, 2.45) is 0 Å². The average molecular weight is 294 g/mol. The molecule has 0 aliphatic rings. The van der Waals surface area contributed by atoms with Crippen molar-refractivity contribution in [3.8, 4) is 10.6 Å². The zero-order valence-electron chi connectivity index (χ0n) is 11.9. The molecule has 0 aliphatic heterocycles. The smallest absolute Gasteiger partial charge is 0.257 e. The first kappa shape index (κ1) is 14.7. The molecule has 0 fully saturated rings. The SMILES string of the molecule is CC(O)c1onc(-c2cccs2)c1C(=O)NC(C)(C)C. The fraction of sp³-hybridized carbons (Fsp3) is 0.429. The quantitative estimate of drug-likeness (QED) is 0.912. The molecule has 20 heavy (non-hydrogen) atoms. The number of amides is 1. The first-order valence-corrected chi connectivity index (χ1v) is 7.21. The van der Waals surface area contributed by atoms with Crippen LogP contribution in [0.15, 0.2) is 22.0 Å². The van der Waals surface area contributed by atoms with Crippen LogP contribution in [0.1, 0.15) is 49.9 Å². The maximum absolute atomic E-state index is 12.4. The Morgan fingerprint density at radius 2 is 2.20 bits per heavy atom. The van der Waals surface area contributed by atoms with Crippen molar-refractivity contribution in [2.45, 2.75) is 39.3 Å². The van der Waals surface area contributed by atoms with Crippen LogP contribution in [0, 0.1) is 0 Å². The number of carbonyl (C=O) groups excluding carboxylic acids is 1. The van der Waals surface area contributed by atoms with Crippen molar-refractivity contribution >= 4 is 17.2 Å². The number of nitrogens with one attached hydrogen (secondary N) is 1. The maximum Gasteiger partial charge on any atom is 0.257 e. The molecule has 0 aliphatic carbocycles. The molecular weight excluding hydrogens is 276 g/mol. The number of aliphatic hydroxyl groups is 1. The van der Waals surface area contributed by atoms with Gasteiger partial charge >= 0.3 is 0 Å². The zero-order chi connectivity index (χ0) is 14.9. The van der Waals surface area contributed by atoms with Crippen molar-refractivity contribution in [1.82, 2.24) is 10.5 Å². The molecular formula is C14H18N2O3S. The lowest BCUT2D eigenvalue weighted by Gasteiger charge is -2.20. The van der Waals surface area contributed by atoms with Gasteiger partial charge in [-0.05, 0) is 39.1 Å². The Balaban J connectivity index is 2.48. The summed E-state index contributed by atoms with van der Waals surface area (Å²) in [5.74, 6) is -0.104. The van der Waals surface area contributed by atoms with Crippen LogP contribution in [0.2, 0.25) is 0 Å². The molecule has 2 aromatic heterocycles. The number of thiophene rings is 1. The number of carbonyl (C=O) groups is 1. The molecule has 2 rings (SSSR count). The molecule has 1 unspecified atom stereocenters. The van der Waals surface area contributed by atoms with Gasteiger partial charge in [0.25, 0.3) is 5.91 Å². The number of hydrogen-bond donors (Lipinski definition) is 2. The highest BCUT2D eigenvalue weighted by Gasteiger charge is 2.28. The summed E-state index contributed by atoms with van der Waals surface area (Å²) < 4.78 is 5.16. The second-order valence-electron chi connectivity index (χ2n) is 5.63. The highest BCUT2D eigenvalue weighted by molar-refractivity contribution is 7.13. The Morgan fingerprint density at radius 1 is 1.50 bits per heavy atom. The van der Waals surface area contributed by atoms with Gasteiger partial charge in [-0.3, -0.25) is 4.79 Å². The van der Waals surface area contributed by atoms with Crippen LogP contribution in [-0.2, 0) is 0 Å². The van der Waals surface area contributed by atoms with Gasteiger partial charge in [0.05, 0.1) is 4.88 Å². The summed E-state index contributed by atoms with van der Waals surface area (Å²) in [4.78, 5) is 13.3. The number of nitrogens with zero attached hydrogens (tertiary/aromatic N) is 1. The van der Waals surface area contributed by atoms with E-state index in [4.69, 9.17) is 4.52 Å². The molecule has 0 saturated heterocycles. The summed E-state index contributed by atoms with van der Waals surface area (Å²) in [5, 5.41) is 18.5. The summed E-state index contributed by atoms with van der Waals surface area (Å²) in [5.41, 5.74) is 0.395. The summed E-state index contributed by atoms with van der Waals surface area (Å²) in [6.45, 7) is 7.23. The Hall–Kier alpha value is -1.66. The van der Waals surface area contributed by atoms with E-state index in [1.165, 1.54) is 11.3 Å². The molecule has 5 nitrogen and oxygen atoms in total. The molecule has 108 valence electrons. The lowest BCUT2D eigenvalue weighted by Crippen LogP contribution is -2.41. The van der Waals surface area contributed by atoms with Gasteiger partial charge in [0, 0.05) is 5.54 Å². The Kier molecular flexibility index (Phi) is 3.96. The number of aliphatic hydroxyl groups excluding tert-OH is 1. The maximum atomic E-state index is 12.4. The third-order valence-electron chi connectivity index (χ3n) is 2.57. The van der Waals surface area contributed by atoms with Crippen molar-refractivity contribution in [1.29, 1.82) is 0 Å². The zero-order valence-corrected chi connectivity index (χ0v) is 12.7. The van der Waals surface area contributed by atoms with Crippen molar-refractivity contribution in [3.05, 3.63) is 28.8 Å². The van der Waals surface area contributed by atoms with Crippen LogP contribution in [0.25, 0.3) is 10.6 Å². The van der Waals surface area contributed by atoms with Gasteiger partial charge in [-0.15, -0.1) is 11.3 Å². The van der Waals surface area contributed by atoms with Crippen LogP contribution in [0.3, 0.4) is 0 Å². The standard InChI is InChI=1S/C14H18N2O3S/c1-8(17)12-10(13(18)15-14(2,3)4)11(16-19-12)9-6-5-7-20-9/h5-8,17H,1-4H3,(H,15,18). The van der Waals surface area contributed by atoms with Gasteiger partial charge in [-0.25, -0.2) is 0 Å². The minimum Gasteiger partial charge on any atom is -0.385 e. The second kappa shape index (κ2) is 5.38. The fourth-order valence-electron chi connectivity index (χ4n) is 1.79. The number of aromatic nitrogens is 1. The van der Waals surface area contributed by atoms with E-state index in [-0.39, 0.29) is 17.2 Å². The van der Waals surface area contributed by atoms with E-state index in [9.17, 15) is 9.90 Å². The van der Waals surface area contributed by atoms with E-state index in [1.54, 1.807) is 6.92 Å². The minimum absolute atomic E-state index is 0.190. The van der Waals surface area contributed by atoms with Crippen LogP contribution in [0.4, 0.5) is 0 Å². The highest BCUT2D eigenvalue weighted by atomic mass is 32.1. The van der Waals surface area contributed by atoms with E-state index < -0.39 is 6.10 Å². The summed E-state index contributed by atoms with van der Waals surface area (Å²) in [7, 11) is 0. The Bertz CT molecular complexity index is 594. The molecule has 2 heterocycles. The normalized spacial score (nSPS) is 13.2. The molecule has 0 aromatic carbocycles. The molecule has 2 aromatic rings. The summed E-state index contributed by atoms with van der Waals surface area (Å²) >= 11 is 1.47. The third-order valence-corrected chi connectivity index (χ3v) is 3.44. The van der Waals surface area contributed by atoms with E-state index in [1.807, 2.05) is 38.3 Å². The Labute approximate surface area is 121 Å². The van der Waals surface area contributed by atoms with Gasteiger partial charge < -0.3 is 14.9 Å². The minimum atomic E-state index is -0.892. The van der Waals surface area contributed by atoms with Gasteiger partial charge in [-0.1, -0.05) is 11.2 Å². The topological polar surface area (TPSA) is 75.4 Å². The largest absolute Gasteiger partial charge is 0.385 e. The van der Waals surface area contributed by atoms with Crippen LogP contribution in [-0.4, -0.2) is 21.7 Å². The van der Waals surface area contributed by atoms with E-state index in [0.29, 0.717) is 11.3 Å². The van der Waals surface area contributed by atoms with Crippen LogP contribution >= 0.6 is 11.3 Å². The van der Waals surface area contributed by atoms with Crippen molar-refractivity contribution in [2.75, 3.05) is 0 Å². The van der Waals surface area contributed by atoms with Gasteiger partial charge in [0.15, 0.2) is 5.76 Å². The molecule has 2 N–H and O–H groups in total. The van der Waals surface area contributed by atoms with Gasteiger partial charge in [-0.2, -0.15) is 0 Å². The molecule has 0 spiro atoms. The van der Waals surface area contributed by atoms with Gasteiger partial charge in [0.1, 0.15) is 17.4 Å². The first-order valence-electron chi connectivity index (χ1n) is 6.33. The van der Waals surface area contributed by atoms with Gasteiger partial charge in [0.2, 0.25) is 0 Å². The van der Waals surface area contributed by atoms with Crippen LogP contribution < -0.4 is 5.32 Å². The predicted octanol–water partition coefficient (Wildman–Crippen LogP) is 2.98. The molecule has 1 amide bonds. The summed E-state index contributed by atoms with van der Waals surface area (Å²) in [6, 6.07) is 3.74. The lowest BCUT2D eigenvalue weighted by molar-refractivity contribution is 0.0907. The van der Waals surface area contributed by atoms with E-state index >= 15 is 0 Å². The number of rotatable bonds is 3. The lowest BCUT2D eigenvalue weighted by atomic mass is 10.0. The first-order chi connectivity index (χ1) is 9.29. The molecule has 0 radical (unpaired) electrons. The molecule has 0 saturated carbocycles. The van der Waals surface area contributed by atoms with E-state index in [0.717, 1.165) is 4.88 Å². The Morgan fingerprint density at radius 3 is 2.70 bits per heavy atom. The monoisotopic (exact) mass is 294 g/mol. The number of hydrogen-bond acceptors (Lipinski definition) is 5. The fourth-order valence-corrected chi connectivity index (χ4v) is 2.50. The van der Waals surface area contributed by atoms with Crippen molar-refractivity contribution < 1.29 is 14.4 Å². The van der Waals surface area contributed by atoms with E-state index in [2.05, 4.69) is 10.5 Å².